The van der Waals surface area contributed by atoms with E-state index in [1.54, 1.807) is 0 Å². The molecule has 0 spiro atoms. The van der Waals surface area contributed by atoms with Gasteiger partial charge in [-0.25, -0.2) is 0 Å². The summed E-state index contributed by atoms with van der Waals surface area (Å²) in [6, 6.07) is -0.533. The third-order valence-corrected chi connectivity index (χ3v) is 17.4. The summed E-state index contributed by atoms with van der Waals surface area (Å²) >= 11 is 0. The van der Waals surface area contributed by atoms with Crippen LogP contribution in [0.25, 0.3) is 0 Å². The van der Waals surface area contributed by atoms with Gasteiger partial charge in [0, 0.05) is 12.8 Å². The number of aliphatic hydroxyl groups excluding tert-OH is 2. The van der Waals surface area contributed by atoms with Crippen molar-refractivity contribution in [3.63, 3.8) is 0 Å². The molecule has 0 aliphatic carbocycles. The van der Waals surface area contributed by atoms with Crippen LogP contribution in [-0.2, 0) is 14.3 Å². The highest BCUT2D eigenvalue weighted by molar-refractivity contribution is 5.76. The molecule has 0 fully saturated rings. The quantitative estimate of drug-likeness (QED) is 0.0417. The van der Waals surface area contributed by atoms with Gasteiger partial charge in [-0.05, 0) is 25.7 Å². The highest BCUT2D eigenvalue weighted by atomic mass is 16.5. The molecule has 6 heteroatoms. The number of nitrogens with one attached hydrogen (secondary N) is 1. The summed E-state index contributed by atoms with van der Waals surface area (Å²) in [4.78, 5) is 24.5. The molecule has 0 aromatic rings. The van der Waals surface area contributed by atoms with Crippen molar-refractivity contribution in [3.05, 3.63) is 0 Å². The fourth-order valence-electron chi connectivity index (χ4n) is 11.9. The Labute approximate surface area is 489 Å². The molecule has 0 rings (SSSR count). The Morgan fingerprint density at radius 2 is 0.526 bits per heavy atom. The molecule has 78 heavy (non-hydrogen) atoms. The Hall–Kier alpha value is -1.14. The fourth-order valence-corrected chi connectivity index (χ4v) is 11.9. The molecular formula is C72H143NO5. The average Bonchev–Trinajstić information content (AvgIpc) is 3.44. The lowest BCUT2D eigenvalue weighted by atomic mass is 10.0. The van der Waals surface area contributed by atoms with Crippen LogP contribution in [0.15, 0.2) is 0 Å². The zero-order valence-electron chi connectivity index (χ0n) is 53.4. The molecule has 0 aromatic carbocycles. The average molecular weight is 1100 g/mol. The first kappa shape index (κ1) is 76.9. The molecule has 0 saturated heterocycles. The maximum absolute atomic E-state index is 12.4. The van der Waals surface area contributed by atoms with Crippen LogP contribution in [0.2, 0.25) is 0 Å². The minimum absolute atomic E-state index is 0.0256. The molecule has 0 radical (unpaired) electrons. The van der Waals surface area contributed by atoms with Crippen LogP contribution in [0, 0.1) is 0 Å². The Kier molecular flexibility index (Phi) is 67.4. The van der Waals surface area contributed by atoms with Crippen molar-refractivity contribution in [3.8, 4) is 0 Å². The van der Waals surface area contributed by atoms with Gasteiger partial charge < -0.3 is 20.3 Å². The van der Waals surface area contributed by atoms with Gasteiger partial charge in [0.15, 0.2) is 0 Å². The topological polar surface area (TPSA) is 95.9 Å². The molecule has 2 atom stereocenters. The summed E-state index contributed by atoms with van der Waals surface area (Å²) in [5, 5.41) is 23.2. The van der Waals surface area contributed by atoms with E-state index in [4.69, 9.17) is 4.74 Å². The monoisotopic (exact) mass is 1100 g/mol. The van der Waals surface area contributed by atoms with Crippen LogP contribution < -0.4 is 5.32 Å². The number of unbranched alkanes of at least 4 members (excludes halogenated alkanes) is 58. The minimum Gasteiger partial charge on any atom is -0.466 e. The van der Waals surface area contributed by atoms with Crippen molar-refractivity contribution >= 4 is 11.9 Å². The van der Waals surface area contributed by atoms with Crippen LogP contribution >= 0.6 is 0 Å². The van der Waals surface area contributed by atoms with E-state index in [1.807, 2.05) is 0 Å². The molecule has 0 heterocycles. The molecule has 466 valence electrons. The van der Waals surface area contributed by atoms with E-state index in [0.29, 0.717) is 25.9 Å². The van der Waals surface area contributed by atoms with E-state index in [2.05, 4.69) is 19.2 Å². The number of aliphatic hydroxyl groups is 2. The van der Waals surface area contributed by atoms with Gasteiger partial charge in [0.05, 0.1) is 25.4 Å². The van der Waals surface area contributed by atoms with E-state index < -0.39 is 12.1 Å². The summed E-state index contributed by atoms with van der Waals surface area (Å²) in [5.74, 6) is -0.00220. The van der Waals surface area contributed by atoms with Crippen molar-refractivity contribution in [1.82, 2.24) is 5.32 Å². The smallest absolute Gasteiger partial charge is 0.305 e. The molecule has 6 nitrogen and oxygen atoms in total. The molecule has 0 aliphatic heterocycles. The van der Waals surface area contributed by atoms with Crippen LogP contribution in [0.1, 0.15) is 425 Å². The lowest BCUT2D eigenvalue weighted by Gasteiger charge is -2.22. The third kappa shape index (κ3) is 64.0. The fraction of sp³-hybridized carbons (Fsp3) is 0.972. The zero-order valence-corrected chi connectivity index (χ0v) is 53.4. The summed E-state index contributed by atoms with van der Waals surface area (Å²) in [7, 11) is 0. The van der Waals surface area contributed by atoms with Crippen molar-refractivity contribution in [1.29, 1.82) is 0 Å². The van der Waals surface area contributed by atoms with Gasteiger partial charge in [-0.3, -0.25) is 9.59 Å². The largest absolute Gasteiger partial charge is 0.466 e. The second kappa shape index (κ2) is 68.4. The molecule has 0 aromatic heterocycles. The van der Waals surface area contributed by atoms with Crippen molar-refractivity contribution < 1.29 is 24.5 Å². The number of ether oxygens (including phenoxy) is 1. The lowest BCUT2D eigenvalue weighted by molar-refractivity contribution is -0.143. The van der Waals surface area contributed by atoms with Crippen LogP contribution in [0.3, 0.4) is 0 Å². The number of hydrogen-bond donors (Lipinski definition) is 3. The van der Waals surface area contributed by atoms with Crippen molar-refractivity contribution in [2.75, 3.05) is 13.2 Å². The van der Waals surface area contributed by atoms with Crippen molar-refractivity contribution in [2.45, 2.75) is 437 Å². The van der Waals surface area contributed by atoms with Gasteiger partial charge >= 0.3 is 5.97 Å². The van der Waals surface area contributed by atoms with Gasteiger partial charge in [-0.2, -0.15) is 0 Å². The van der Waals surface area contributed by atoms with Gasteiger partial charge in [0.25, 0.3) is 0 Å². The number of carbonyl (C=O) groups excluding carboxylic acids is 2. The first-order chi connectivity index (χ1) is 38.5. The van der Waals surface area contributed by atoms with Gasteiger partial charge in [0.1, 0.15) is 0 Å². The number of carbonyl (C=O) groups is 2. The summed E-state index contributed by atoms with van der Waals surface area (Å²) in [6.07, 6.45) is 83.4. The van der Waals surface area contributed by atoms with E-state index in [9.17, 15) is 19.8 Å². The SMILES string of the molecule is CCCCCCCCCCCCCCC(=O)OCCCCCCCCCCCCCCCCCCCCCCCCCCCCCCCCCCCCCCCCCC(=O)NC(CO)C(O)CCCCCCCCCCCC. The summed E-state index contributed by atoms with van der Waals surface area (Å²) in [6.45, 7) is 4.98. The standard InChI is InChI=1S/C72H143NO5/c1-3-5-7-9-11-13-15-46-50-54-58-62-66-72(77)78-67-63-59-55-51-47-44-42-40-38-36-34-32-30-28-26-24-22-20-18-16-17-19-21-23-25-27-29-31-33-35-37-39-41-43-45-49-53-57-61-65-71(76)73-69(68-74)70(75)64-60-56-52-48-14-12-10-8-6-4-2/h69-70,74-75H,3-68H2,1-2H3,(H,73,76). The van der Waals surface area contributed by atoms with E-state index in [1.165, 1.54) is 353 Å². The van der Waals surface area contributed by atoms with Gasteiger partial charge in [-0.15, -0.1) is 0 Å². The molecule has 3 N–H and O–H groups in total. The second-order valence-corrected chi connectivity index (χ2v) is 25.3. The maximum atomic E-state index is 12.4. The number of hydrogen-bond acceptors (Lipinski definition) is 5. The number of rotatable bonds is 69. The van der Waals surface area contributed by atoms with Crippen LogP contribution in [-0.4, -0.2) is 47.4 Å². The van der Waals surface area contributed by atoms with Gasteiger partial charge in [0.2, 0.25) is 5.91 Å². The molecule has 2 unspecified atom stereocenters. The number of esters is 1. The molecule has 1 amide bonds. The summed E-state index contributed by atoms with van der Waals surface area (Å²) in [5.41, 5.74) is 0. The molecule has 0 aliphatic rings. The van der Waals surface area contributed by atoms with E-state index in [-0.39, 0.29) is 18.5 Å². The molecule has 0 saturated carbocycles. The van der Waals surface area contributed by atoms with Crippen molar-refractivity contribution in [2.24, 2.45) is 0 Å². The lowest BCUT2D eigenvalue weighted by Crippen LogP contribution is -2.45. The first-order valence-corrected chi connectivity index (χ1v) is 36.3. The Balaban J connectivity index is 3.25. The van der Waals surface area contributed by atoms with Gasteiger partial charge in [-0.1, -0.05) is 386 Å². The Bertz CT molecular complexity index is 1130. The molecule has 0 bridgehead atoms. The normalized spacial score (nSPS) is 12.4. The second-order valence-electron chi connectivity index (χ2n) is 25.3. The molecular weight excluding hydrogens is 959 g/mol. The Morgan fingerprint density at radius 1 is 0.308 bits per heavy atom. The highest BCUT2D eigenvalue weighted by Gasteiger charge is 2.20. The highest BCUT2D eigenvalue weighted by Crippen LogP contribution is 2.20. The third-order valence-electron chi connectivity index (χ3n) is 17.4. The van der Waals surface area contributed by atoms with Crippen LogP contribution in [0.5, 0.6) is 0 Å². The predicted octanol–water partition coefficient (Wildman–Crippen LogP) is 23.4. The zero-order chi connectivity index (χ0) is 56.4. The van der Waals surface area contributed by atoms with E-state index >= 15 is 0 Å². The first-order valence-electron chi connectivity index (χ1n) is 36.3. The predicted molar refractivity (Wildman–Crippen MR) is 343 cm³/mol. The minimum atomic E-state index is -0.657. The van der Waals surface area contributed by atoms with E-state index in [0.717, 1.165) is 38.5 Å². The Morgan fingerprint density at radius 3 is 0.782 bits per heavy atom. The summed E-state index contributed by atoms with van der Waals surface area (Å²) < 4.78 is 5.49. The maximum Gasteiger partial charge on any atom is 0.305 e. The number of amides is 1. The van der Waals surface area contributed by atoms with Crippen LogP contribution in [0.4, 0.5) is 0 Å².